The molecule has 3 aromatic heterocycles. The predicted molar refractivity (Wildman–Crippen MR) is 110 cm³/mol. The minimum atomic E-state index is -0.315. The second-order valence-corrected chi connectivity index (χ2v) is 7.97. The van der Waals surface area contributed by atoms with E-state index in [9.17, 15) is 9.59 Å². The molecule has 0 aromatic carbocycles. The van der Waals surface area contributed by atoms with Gasteiger partial charge in [-0.15, -0.1) is 10.2 Å². The van der Waals surface area contributed by atoms with Crippen LogP contribution in [0, 0.1) is 5.92 Å². The predicted octanol–water partition coefficient (Wildman–Crippen LogP) is 1.89. The van der Waals surface area contributed by atoms with Gasteiger partial charge in [0.05, 0.1) is 17.1 Å². The molecule has 1 saturated heterocycles. The molecule has 0 radical (unpaired) electrons. The van der Waals surface area contributed by atoms with E-state index in [1.54, 1.807) is 35.1 Å². The fourth-order valence-corrected chi connectivity index (χ4v) is 3.67. The fraction of sp³-hybridized carbons (Fsp3) is 0.450. The van der Waals surface area contributed by atoms with Gasteiger partial charge in [0.2, 0.25) is 5.91 Å². The van der Waals surface area contributed by atoms with Crippen molar-refractivity contribution in [1.29, 1.82) is 0 Å². The molecule has 4 rings (SSSR count). The quantitative estimate of drug-likeness (QED) is 0.709. The van der Waals surface area contributed by atoms with E-state index in [2.05, 4.69) is 46.3 Å². The number of hydrogen-bond donors (Lipinski definition) is 1. The van der Waals surface area contributed by atoms with Gasteiger partial charge < -0.3 is 10.2 Å². The molecule has 1 aliphatic heterocycles. The highest BCUT2D eigenvalue weighted by molar-refractivity contribution is 5.90. The van der Waals surface area contributed by atoms with E-state index in [1.807, 2.05) is 0 Å². The van der Waals surface area contributed by atoms with Gasteiger partial charge in [-0.1, -0.05) is 20.8 Å². The largest absolute Gasteiger partial charge is 0.370 e. The van der Waals surface area contributed by atoms with Crippen LogP contribution in [0.25, 0.3) is 5.65 Å². The van der Waals surface area contributed by atoms with Crippen molar-refractivity contribution in [2.24, 2.45) is 5.92 Å². The fourth-order valence-electron chi connectivity index (χ4n) is 3.67. The van der Waals surface area contributed by atoms with Crippen LogP contribution in [0.3, 0.4) is 0 Å². The van der Waals surface area contributed by atoms with Gasteiger partial charge in [-0.25, -0.2) is 4.68 Å². The Kier molecular flexibility index (Phi) is 5.04. The summed E-state index contributed by atoms with van der Waals surface area (Å²) >= 11 is 0. The summed E-state index contributed by atoms with van der Waals surface area (Å²) in [6.45, 7) is 8.03. The maximum absolute atomic E-state index is 12.7. The lowest BCUT2D eigenvalue weighted by Crippen LogP contribution is -2.33. The number of rotatable bonds is 5. The molecule has 152 valence electrons. The molecule has 0 aliphatic carbocycles. The van der Waals surface area contributed by atoms with Gasteiger partial charge in [0.15, 0.2) is 5.65 Å². The Hall–Kier alpha value is -3.23. The molecule has 1 atom stereocenters. The zero-order valence-corrected chi connectivity index (χ0v) is 16.9. The number of anilines is 2. The Morgan fingerprint density at radius 3 is 2.90 bits per heavy atom. The Morgan fingerprint density at radius 1 is 1.34 bits per heavy atom. The van der Waals surface area contributed by atoms with Gasteiger partial charge in [0.25, 0.3) is 5.56 Å². The van der Waals surface area contributed by atoms with Crippen molar-refractivity contribution in [3.63, 3.8) is 0 Å². The summed E-state index contributed by atoms with van der Waals surface area (Å²) in [4.78, 5) is 27.4. The number of carbonyl (C=O) groups excluding carboxylic acids is 1. The van der Waals surface area contributed by atoms with Gasteiger partial charge in [-0.05, 0) is 30.4 Å². The van der Waals surface area contributed by atoms with Gasteiger partial charge in [0, 0.05) is 25.4 Å². The van der Waals surface area contributed by atoms with Crippen LogP contribution in [0.15, 0.2) is 35.5 Å². The summed E-state index contributed by atoms with van der Waals surface area (Å²) in [7, 11) is 0. The van der Waals surface area contributed by atoms with Crippen LogP contribution in [0.1, 0.15) is 38.8 Å². The van der Waals surface area contributed by atoms with Gasteiger partial charge in [-0.2, -0.15) is 5.10 Å². The van der Waals surface area contributed by atoms with Crippen LogP contribution in [0.2, 0.25) is 0 Å². The SMILES string of the molecule is CC(C)c1nn(CC(=O)Nc2ccc3nncn3c2)c(=O)cc1N1CC[C@H](C)C1. The van der Waals surface area contributed by atoms with E-state index in [-0.39, 0.29) is 23.9 Å². The van der Waals surface area contributed by atoms with Crippen LogP contribution in [-0.2, 0) is 11.3 Å². The molecule has 29 heavy (non-hydrogen) atoms. The van der Waals surface area contributed by atoms with Crippen LogP contribution in [0.4, 0.5) is 11.4 Å². The summed E-state index contributed by atoms with van der Waals surface area (Å²) < 4.78 is 2.95. The van der Waals surface area contributed by atoms with E-state index in [0.717, 1.165) is 30.9 Å². The van der Waals surface area contributed by atoms with E-state index in [4.69, 9.17) is 0 Å². The normalized spacial score (nSPS) is 16.7. The monoisotopic (exact) mass is 395 g/mol. The third-order valence-electron chi connectivity index (χ3n) is 5.18. The molecule has 9 nitrogen and oxygen atoms in total. The molecule has 0 spiro atoms. The molecule has 3 aromatic rings. The molecular formula is C20H25N7O2. The number of pyridine rings is 1. The van der Waals surface area contributed by atoms with Crippen molar-refractivity contribution < 1.29 is 4.79 Å². The summed E-state index contributed by atoms with van der Waals surface area (Å²) in [5.41, 5.74) is 2.76. The molecule has 0 unspecified atom stereocenters. The smallest absolute Gasteiger partial charge is 0.269 e. The van der Waals surface area contributed by atoms with Crippen molar-refractivity contribution in [2.75, 3.05) is 23.3 Å². The lowest BCUT2D eigenvalue weighted by molar-refractivity contribution is -0.117. The van der Waals surface area contributed by atoms with Crippen molar-refractivity contribution in [3.05, 3.63) is 46.8 Å². The molecule has 1 N–H and O–H groups in total. The molecule has 0 saturated carbocycles. The maximum Gasteiger partial charge on any atom is 0.269 e. The Bertz CT molecular complexity index is 1100. The average molecular weight is 395 g/mol. The second kappa shape index (κ2) is 7.65. The summed E-state index contributed by atoms with van der Waals surface area (Å²) in [6, 6.07) is 5.13. The summed E-state index contributed by atoms with van der Waals surface area (Å²) in [5, 5.41) is 15.1. The zero-order chi connectivity index (χ0) is 20.5. The first-order valence-electron chi connectivity index (χ1n) is 9.87. The Labute approximate surface area is 168 Å². The van der Waals surface area contributed by atoms with E-state index >= 15 is 0 Å². The van der Waals surface area contributed by atoms with Crippen LogP contribution >= 0.6 is 0 Å². The number of hydrogen-bond acceptors (Lipinski definition) is 6. The highest BCUT2D eigenvalue weighted by Crippen LogP contribution is 2.28. The minimum Gasteiger partial charge on any atom is -0.370 e. The van der Waals surface area contributed by atoms with Crippen molar-refractivity contribution >= 4 is 22.9 Å². The maximum atomic E-state index is 12.7. The first-order valence-corrected chi connectivity index (χ1v) is 9.87. The first kappa shape index (κ1) is 19.1. The number of carbonyl (C=O) groups is 1. The number of fused-ring (bicyclic) bond motifs is 1. The van der Waals surface area contributed by atoms with Crippen LogP contribution in [-0.4, -0.2) is 43.4 Å². The third-order valence-corrected chi connectivity index (χ3v) is 5.18. The summed E-state index contributed by atoms with van der Waals surface area (Å²) in [5.74, 6) is 0.433. The minimum absolute atomic E-state index is 0.143. The first-order chi connectivity index (χ1) is 13.9. The van der Waals surface area contributed by atoms with Gasteiger partial charge >= 0.3 is 0 Å². The van der Waals surface area contributed by atoms with Crippen molar-refractivity contribution in [2.45, 2.75) is 39.7 Å². The molecule has 0 bridgehead atoms. The zero-order valence-electron chi connectivity index (χ0n) is 16.9. The van der Waals surface area contributed by atoms with E-state index in [0.29, 0.717) is 17.3 Å². The lowest BCUT2D eigenvalue weighted by atomic mass is 10.1. The highest BCUT2D eigenvalue weighted by Gasteiger charge is 2.24. The number of nitrogens with one attached hydrogen (secondary N) is 1. The molecule has 1 amide bonds. The van der Waals surface area contributed by atoms with Crippen molar-refractivity contribution in [3.8, 4) is 0 Å². The van der Waals surface area contributed by atoms with Gasteiger partial charge in [-0.3, -0.25) is 14.0 Å². The topological polar surface area (TPSA) is 97.4 Å². The molecule has 4 heterocycles. The molecule has 1 aliphatic rings. The van der Waals surface area contributed by atoms with Crippen LogP contribution in [0.5, 0.6) is 0 Å². The molecule has 1 fully saturated rings. The molecule has 9 heteroatoms. The highest BCUT2D eigenvalue weighted by atomic mass is 16.2. The second-order valence-electron chi connectivity index (χ2n) is 7.97. The third kappa shape index (κ3) is 3.98. The molecular weight excluding hydrogens is 370 g/mol. The standard InChI is InChI=1S/C20H25N7O2/c1-13(2)20-16(25-7-6-14(3)9-25)8-19(29)27(24-20)11-18(28)22-15-4-5-17-23-21-12-26(17)10-15/h4-5,8,10,12-14H,6-7,9,11H2,1-3H3,(H,22,28)/t14-/m0/s1. The van der Waals surface area contributed by atoms with Gasteiger partial charge in [0.1, 0.15) is 12.9 Å². The van der Waals surface area contributed by atoms with E-state index < -0.39 is 0 Å². The summed E-state index contributed by atoms with van der Waals surface area (Å²) in [6.07, 6.45) is 4.39. The van der Waals surface area contributed by atoms with Crippen LogP contribution < -0.4 is 15.8 Å². The number of nitrogens with zero attached hydrogens (tertiary/aromatic N) is 6. The number of aromatic nitrogens is 5. The Balaban J connectivity index is 1.55. The van der Waals surface area contributed by atoms with E-state index in [1.165, 1.54) is 4.68 Å². The number of amides is 1. The van der Waals surface area contributed by atoms with Crippen molar-refractivity contribution in [1.82, 2.24) is 24.4 Å². The average Bonchev–Trinajstić information content (AvgIpc) is 3.31. The Morgan fingerprint density at radius 2 is 2.17 bits per heavy atom. The lowest BCUT2D eigenvalue weighted by Gasteiger charge is -2.23.